The molecule has 0 fully saturated rings. The predicted octanol–water partition coefficient (Wildman–Crippen LogP) is 6.89. The highest BCUT2D eigenvalue weighted by Gasteiger charge is 2.19. The largest absolute Gasteiger partial charge is 0.506 e. The highest BCUT2D eigenvalue weighted by Crippen LogP contribution is 2.35. The van der Waals surface area contributed by atoms with E-state index in [4.69, 9.17) is 4.74 Å². The fourth-order valence-corrected chi connectivity index (χ4v) is 4.12. The van der Waals surface area contributed by atoms with Crippen molar-refractivity contribution in [1.29, 1.82) is 0 Å². The molecule has 0 amide bonds. The van der Waals surface area contributed by atoms with E-state index in [1.807, 2.05) is 18.2 Å². The van der Waals surface area contributed by atoms with Crippen molar-refractivity contribution >= 4 is 10.1 Å². The van der Waals surface area contributed by atoms with Crippen LogP contribution >= 0.6 is 0 Å². The van der Waals surface area contributed by atoms with Crippen LogP contribution in [0, 0.1) is 0 Å². The second-order valence-electron chi connectivity index (χ2n) is 7.75. The zero-order chi connectivity index (χ0) is 21.8. The minimum atomic E-state index is -4.50. The lowest BCUT2D eigenvalue weighted by Gasteiger charge is -2.14. The zero-order valence-corrected chi connectivity index (χ0v) is 18.7. The van der Waals surface area contributed by atoms with Crippen molar-refractivity contribution in [2.45, 2.75) is 82.4 Å². The topological polar surface area (TPSA) is 83.8 Å². The minimum absolute atomic E-state index is 0.405. The molecule has 0 saturated heterocycles. The molecule has 0 aliphatic heterocycles. The van der Waals surface area contributed by atoms with Gasteiger partial charge in [-0.1, -0.05) is 82.9 Å². The number of para-hydroxylation sites is 1. The van der Waals surface area contributed by atoms with E-state index in [1.165, 1.54) is 57.1 Å². The maximum Gasteiger partial charge on any atom is 0.298 e. The van der Waals surface area contributed by atoms with E-state index >= 15 is 0 Å². The summed E-state index contributed by atoms with van der Waals surface area (Å²) in [6, 6.07) is 11.7. The number of benzene rings is 2. The Labute approximate surface area is 180 Å². The number of ether oxygens (including phenoxy) is 1. The molecular formula is C24H34O5S. The van der Waals surface area contributed by atoms with E-state index in [0.29, 0.717) is 23.5 Å². The molecule has 166 valence electrons. The van der Waals surface area contributed by atoms with Gasteiger partial charge in [0.25, 0.3) is 10.1 Å². The van der Waals surface area contributed by atoms with Crippen molar-refractivity contribution in [1.82, 2.24) is 0 Å². The Morgan fingerprint density at radius 1 is 0.833 bits per heavy atom. The number of hydrogen-bond acceptors (Lipinski definition) is 4. The Morgan fingerprint density at radius 2 is 1.40 bits per heavy atom. The van der Waals surface area contributed by atoms with Crippen LogP contribution in [0.25, 0.3) is 0 Å². The van der Waals surface area contributed by atoms with E-state index < -0.39 is 20.8 Å². The van der Waals surface area contributed by atoms with Gasteiger partial charge in [0.2, 0.25) is 0 Å². The van der Waals surface area contributed by atoms with Gasteiger partial charge in [-0.25, -0.2) is 0 Å². The van der Waals surface area contributed by atoms with Crippen molar-refractivity contribution in [3.8, 4) is 17.2 Å². The number of rotatable bonds is 14. The van der Waals surface area contributed by atoms with E-state index in [-0.39, 0.29) is 0 Å². The number of phenols is 1. The monoisotopic (exact) mass is 434 g/mol. The molecule has 2 aromatic carbocycles. The minimum Gasteiger partial charge on any atom is -0.506 e. The molecule has 0 saturated carbocycles. The van der Waals surface area contributed by atoms with Gasteiger partial charge < -0.3 is 9.84 Å². The smallest absolute Gasteiger partial charge is 0.298 e. The second-order valence-corrected chi connectivity index (χ2v) is 9.14. The summed E-state index contributed by atoms with van der Waals surface area (Å²) in [5.41, 5.74) is 0.656. The van der Waals surface area contributed by atoms with E-state index in [2.05, 4.69) is 6.92 Å². The van der Waals surface area contributed by atoms with Crippen LogP contribution in [0.3, 0.4) is 0 Å². The van der Waals surface area contributed by atoms with Gasteiger partial charge >= 0.3 is 0 Å². The molecule has 2 aromatic rings. The third-order valence-electron chi connectivity index (χ3n) is 5.19. The summed E-state index contributed by atoms with van der Waals surface area (Å²) in [5.74, 6) is 0.484. The number of hydrogen-bond donors (Lipinski definition) is 2. The van der Waals surface area contributed by atoms with Gasteiger partial charge in [-0.2, -0.15) is 8.42 Å². The molecule has 0 heterocycles. The van der Waals surface area contributed by atoms with Crippen LogP contribution < -0.4 is 4.74 Å². The predicted molar refractivity (Wildman–Crippen MR) is 120 cm³/mol. The zero-order valence-electron chi connectivity index (χ0n) is 17.8. The molecular weight excluding hydrogens is 400 g/mol. The van der Waals surface area contributed by atoms with Gasteiger partial charge in [-0.15, -0.1) is 0 Å². The van der Waals surface area contributed by atoms with Gasteiger partial charge in [0.1, 0.15) is 22.1 Å². The Balaban J connectivity index is 1.93. The van der Waals surface area contributed by atoms with Crippen LogP contribution in [-0.4, -0.2) is 18.1 Å². The summed E-state index contributed by atoms with van der Waals surface area (Å²) in [5, 5.41) is 10.1. The molecule has 30 heavy (non-hydrogen) atoms. The maximum absolute atomic E-state index is 11.6. The first kappa shape index (κ1) is 24.2. The average Bonchev–Trinajstić information content (AvgIpc) is 2.70. The van der Waals surface area contributed by atoms with Crippen LogP contribution in [0.1, 0.15) is 76.7 Å². The molecule has 0 aliphatic carbocycles. The number of unbranched alkanes of at least 4 members (excludes halogenated alkanes) is 9. The van der Waals surface area contributed by atoms with Crippen LogP contribution in [0.5, 0.6) is 17.2 Å². The molecule has 0 radical (unpaired) electrons. The van der Waals surface area contributed by atoms with Crippen molar-refractivity contribution in [3.63, 3.8) is 0 Å². The van der Waals surface area contributed by atoms with Crippen LogP contribution in [0.2, 0.25) is 0 Å². The quantitative estimate of drug-likeness (QED) is 0.250. The first-order valence-corrected chi connectivity index (χ1v) is 12.4. The van der Waals surface area contributed by atoms with E-state index in [1.54, 1.807) is 12.1 Å². The summed E-state index contributed by atoms with van der Waals surface area (Å²) in [7, 11) is -4.50. The lowest BCUT2D eigenvalue weighted by molar-refractivity contribution is 0.430. The van der Waals surface area contributed by atoms with Gasteiger partial charge in [0.05, 0.1) is 0 Å². The summed E-state index contributed by atoms with van der Waals surface area (Å²) in [4.78, 5) is -0.481. The third-order valence-corrected chi connectivity index (χ3v) is 6.07. The molecule has 6 heteroatoms. The molecule has 5 nitrogen and oxygen atoms in total. The highest BCUT2D eigenvalue weighted by molar-refractivity contribution is 7.86. The van der Waals surface area contributed by atoms with Crippen molar-refractivity contribution in [3.05, 3.63) is 48.0 Å². The molecule has 0 bridgehead atoms. The summed E-state index contributed by atoms with van der Waals surface area (Å²) < 4.78 is 38.4. The summed E-state index contributed by atoms with van der Waals surface area (Å²) >= 11 is 0. The highest BCUT2D eigenvalue weighted by atomic mass is 32.2. The number of aryl methyl sites for hydroxylation is 1. The number of aromatic hydroxyl groups is 1. The SMILES string of the molecule is CCCCCCCCCCCCc1cc(S(=O)(=O)O)c(O)cc1Oc1ccccc1. The van der Waals surface area contributed by atoms with Crippen LogP contribution in [-0.2, 0) is 16.5 Å². The lowest BCUT2D eigenvalue weighted by atomic mass is 10.0. The van der Waals surface area contributed by atoms with Crippen LogP contribution in [0.4, 0.5) is 0 Å². The van der Waals surface area contributed by atoms with Crippen molar-refractivity contribution in [2.24, 2.45) is 0 Å². The second kappa shape index (κ2) is 12.6. The maximum atomic E-state index is 11.6. The summed E-state index contributed by atoms with van der Waals surface area (Å²) in [6.07, 6.45) is 12.7. The first-order chi connectivity index (χ1) is 14.4. The van der Waals surface area contributed by atoms with Crippen molar-refractivity contribution in [2.75, 3.05) is 0 Å². The molecule has 2 N–H and O–H groups in total. The average molecular weight is 435 g/mol. The van der Waals surface area contributed by atoms with Gasteiger partial charge in [0.15, 0.2) is 0 Å². The lowest BCUT2D eigenvalue weighted by Crippen LogP contribution is -2.02. The van der Waals surface area contributed by atoms with Crippen molar-refractivity contribution < 1.29 is 22.8 Å². The Bertz CT molecular complexity index is 863. The van der Waals surface area contributed by atoms with Gasteiger partial charge in [-0.05, 0) is 36.6 Å². The molecule has 2 rings (SSSR count). The van der Waals surface area contributed by atoms with Gasteiger partial charge in [0, 0.05) is 6.07 Å². The molecule has 0 unspecified atom stereocenters. The Kier molecular flexibility index (Phi) is 10.2. The Morgan fingerprint density at radius 3 is 1.97 bits per heavy atom. The normalized spacial score (nSPS) is 11.5. The standard InChI is InChI=1S/C24H34O5S/c1-2-3-4-5-6-7-8-9-10-12-15-20-18-24(30(26,27)28)22(25)19-23(20)29-21-16-13-11-14-17-21/h11,13-14,16-19,25H,2-10,12,15H2,1H3,(H,26,27,28). The Hall–Kier alpha value is -2.05. The number of phenolic OH excluding ortho intramolecular Hbond substituents is 1. The fourth-order valence-electron chi connectivity index (χ4n) is 3.51. The van der Waals surface area contributed by atoms with E-state index in [9.17, 15) is 18.1 Å². The van der Waals surface area contributed by atoms with Gasteiger partial charge in [-0.3, -0.25) is 4.55 Å². The van der Waals surface area contributed by atoms with E-state index in [0.717, 1.165) is 19.3 Å². The first-order valence-electron chi connectivity index (χ1n) is 11.0. The molecule has 0 atom stereocenters. The third kappa shape index (κ3) is 8.36. The molecule has 0 aliphatic rings. The van der Waals surface area contributed by atoms with Crippen LogP contribution in [0.15, 0.2) is 47.4 Å². The molecule has 0 spiro atoms. The summed E-state index contributed by atoms with van der Waals surface area (Å²) in [6.45, 7) is 2.23. The molecule has 0 aromatic heterocycles. The fraction of sp³-hybridized carbons (Fsp3) is 0.500.